The summed E-state index contributed by atoms with van der Waals surface area (Å²) in [5.41, 5.74) is -0.0642. The van der Waals surface area contributed by atoms with E-state index in [2.05, 4.69) is 9.72 Å². The van der Waals surface area contributed by atoms with Gasteiger partial charge < -0.3 is 4.74 Å². The molecule has 1 aromatic rings. The summed E-state index contributed by atoms with van der Waals surface area (Å²) >= 11 is 0. The first-order valence-corrected chi connectivity index (χ1v) is 4.75. The lowest BCUT2D eigenvalue weighted by Gasteiger charge is -2.08. The summed E-state index contributed by atoms with van der Waals surface area (Å²) < 4.78 is 29.5. The monoisotopic (exact) mass is 240 g/mol. The number of nitriles is 1. The van der Waals surface area contributed by atoms with Gasteiger partial charge in [-0.3, -0.25) is 4.79 Å². The molecule has 0 aliphatic rings. The number of esters is 1. The van der Waals surface area contributed by atoms with Gasteiger partial charge in [-0.1, -0.05) is 6.07 Å². The van der Waals surface area contributed by atoms with E-state index >= 15 is 0 Å². The molecule has 4 nitrogen and oxygen atoms in total. The van der Waals surface area contributed by atoms with E-state index in [0.717, 1.165) is 0 Å². The van der Waals surface area contributed by atoms with Crippen molar-refractivity contribution in [2.45, 2.75) is 19.8 Å². The second-order valence-corrected chi connectivity index (χ2v) is 3.36. The molecule has 0 radical (unpaired) electrons. The van der Waals surface area contributed by atoms with Crippen LogP contribution in [0.5, 0.6) is 0 Å². The van der Waals surface area contributed by atoms with Gasteiger partial charge in [-0.15, -0.1) is 0 Å². The minimum absolute atomic E-state index is 0.156. The predicted octanol–water partition coefficient (Wildman–Crippen LogP) is 1.91. The fourth-order valence-electron chi connectivity index (χ4n) is 1.36. The van der Waals surface area contributed by atoms with Crippen LogP contribution in [-0.2, 0) is 16.0 Å². The average molecular weight is 240 g/mol. The van der Waals surface area contributed by atoms with Crippen LogP contribution in [0.15, 0.2) is 6.07 Å². The number of aryl methyl sites for hydroxylation is 1. The van der Waals surface area contributed by atoms with Crippen LogP contribution < -0.4 is 0 Å². The largest absolute Gasteiger partial charge is 0.469 e. The number of pyridine rings is 1. The van der Waals surface area contributed by atoms with Crippen LogP contribution in [-0.4, -0.2) is 18.1 Å². The Balaban J connectivity index is 3.20. The molecule has 0 amide bonds. The standard InChI is InChI=1S/C11H10F2N2O2/c1-6-3-7(4-9(16)17-2)8(5-14)15-10(6)11(12)13/h3,11H,4H2,1-2H3. The molecule has 0 fully saturated rings. The number of carbonyl (C=O) groups is 1. The van der Waals surface area contributed by atoms with Crippen LogP contribution in [0.4, 0.5) is 8.78 Å². The molecule has 0 unspecified atom stereocenters. The Bertz CT molecular complexity index is 481. The molecule has 1 heterocycles. The van der Waals surface area contributed by atoms with Gasteiger partial charge in [0, 0.05) is 0 Å². The SMILES string of the molecule is COC(=O)Cc1cc(C)c(C(F)F)nc1C#N. The quantitative estimate of drug-likeness (QED) is 0.757. The number of carbonyl (C=O) groups excluding carboxylic acids is 1. The fourth-order valence-corrected chi connectivity index (χ4v) is 1.36. The van der Waals surface area contributed by atoms with Crippen molar-refractivity contribution in [3.8, 4) is 6.07 Å². The number of aromatic nitrogens is 1. The summed E-state index contributed by atoms with van der Waals surface area (Å²) in [6, 6.07) is 3.06. The zero-order valence-electron chi connectivity index (χ0n) is 9.33. The molecule has 0 saturated heterocycles. The third-order valence-corrected chi connectivity index (χ3v) is 2.21. The minimum atomic E-state index is -2.74. The fraction of sp³-hybridized carbons (Fsp3) is 0.364. The van der Waals surface area contributed by atoms with Gasteiger partial charge in [0.15, 0.2) is 0 Å². The van der Waals surface area contributed by atoms with Gasteiger partial charge in [0.05, 0.1) is 13.5 Å². The number of hydrogen-bond donors (Lipinski definition) is 0. The smallest absolute Gasteiger partial charge is 0.310 e. The van der Waals surface area contributed by atoms with E-state index in [9.17, 15) is 13.6 Å². The third-order valence-electron chi connectivity index (χ3n) is 2.21. The molecule has 0 aliphatic carbocycles. The van der Waals surface area contributed by atoms with Gasteiger partial charge >= 0.3 is 5.97 Å². The third kappa shape index (κ3) is 2.97. The molecule has 6 heteroatoms. The molecular formula is C11H10F2N2O2. The van der Waals surface area contributed by atoms with Crippen molar-refractivity contribution in [2.24, 2.45) is 0 Å². The molecule has 1 aromatic heterocycles. The molecule has 0 bridgehead atoms. The van der Waals surface area contributed by atoms with E-state index in [1.807, 2.05) is 0 Å². The summed E-state index contributed by atoms with van der Waals surface area (Å²) in [4.78, 5) is 14.6. The highest BCUT2D eigenvalue weighted by atomic mass is 19.3. The molecule has 90 valence electrons. The second-order valence-electron chi connectivity index (χ2n) is 3.36. The van der Waals surface area contributed by atoms with Crippen LogP contribution in [0.1, 0.15) is 28.9 Å². The number of halogens is 2. The van der Waals surface area contributed by atoms with Crippen molar-refractivity contribution in [3.63, 3.8) is 0 Å². The van der Waals surface area contributed by atoms with Crippen molar-refractivity contribution in [1.29, 1.82) is 5.26 Å². The Morgan fingerprint density at radius 1 is 1.65 bits per heavy atom. The van der Waals surface area contributed by atoms with E-state index in [4.69, 9.17) is 5.26 Å². The van der Waals surface area contributed by atoms with Crippen LogP contribution >= 0.6 is 0 Å². The van der Waals surface area contributed by atoms with Crippen molar-refractivity contribution in [3.05, 3.63) is 28.6 Å². The number of rotatable bonds is 3. The minimum Gasteiger partial charge on any atom is -0.469 e. The summed E-state index contributed by atoms with van der Waals surface area (Å²) in [5, 5.41) is 8.79. The molecule has 0 aliphatic heterocycles. The lowest BCUT2D eigenvalue weighted by atomic mass is 10.1. The van der Waals surface area contributed by atoms with E-state index in [-0.39, 0.29) is 17.7 Å². The maximum atomic E-state index is 12.5. The van der Waals surface area contributed by atoms with Gasteiger partial charge in [-0.05, 0) is 18.1 Å². The summed E-state index contributed by atoms with van der Waals surface area (Å²) in [5.74, 6) is -0.549. The van der Waals surface area contributed by atoms with Crippen molar-refractivity contribution >= 4 is 5.97 Å². The number of methoxy groups -OCH3 is 1. The highest BCUT2D eigenvalue weighted by molar-refractivity contribution is 5.73. The highest BCUT2D eigenvalue weighted by Gasteiger charge is 2.17. The average Bonchev–Trinajstić information content (AvgIpc) is 2.28. The van der Waals surface area contributed by atoms with Crippen LogP contribution in [0.3, 0.4) is 0 Å². The van der Waals surface area contributed by atoms with Crippen LogP contribution in [0.25, 0.3) is 0 Å². The normalized spacial score (nSPS) is 10.1. The Hall–Kier alpha value is -2.03. The van der Waals surface area contributed by atoms with E-state index in [1.165, 1.54) is 20.1 Å². The summed E-state index contributed by atoms with van der Waals surface area (Å²) in [7, 11) is 1.21. The summed E-state index contributed by atoms with van der Waals surface area (Å²) in [6.45, 7) is 1.45. The molecule has 0 saturated carbocycles. The molecule has 0 N–H and O–H groups in total. The molecule has 0 aromatic carbocycles. The Morgan fingerprint density at radius 3 is 2.76 bits per heavy atom. The van der Waals surface area contributed by atoms with Crippen LogP contribution in [0.2, 0.25) is 0 Å². The van der Waals surface area contributed by atoms with Gasteiger partial charge in [0.25, 0.3) is 6.43 Å². The van der Waals surface area contributed by atoms with Crippen molar-refractivity contribution < 1.29 is 18.3 Å². The van der Waals surface area contributed by atoms with Gasteiger partial charge in [0.1, 0.15) is 17.5 Å². The number of nitrogens with zero attached hydrogens (tertiary/aromatic N) is 2. The first-order valence-electron chi connectivity index (χ1n) is 4.75. The first-order chi connectivity index (χ1) is 7.99. The van der Waals surface area contributed by atoms with E-state index < -0.39 is 18.1 Å². The van der Waals surface area contributed by atoms with E-state index in [1.54, 1.807) is 6.07 Å². The lowest BCUT2D eigenvalue weighted by Crippen LogP contribution is -2.09. The Morgan fingerprint density at radius 2 is 2.29 bits per heavy atom. The second kappa shape index (κ2) is 5.34. The molecule has 0 spiro atoms. The van der Waals surface area contributed by atoms with Crippen LogP contribution in [0, 0.1) is 18.3 Å². The number of hydrogen-bond acceptors (Lipinski definition) is 4. The van der Waals surface area contributed by atoms with E-state index in [0.29, 0.717) is 5.56 Å². The predicted molar refractivity (Wildman–Crippen MR) is 54.4 cm³/mol. The van der Waals surface area contributed by atoms with Gasteiger partial charge in [0.2, 0.25) is 0 Å². The maximum absolute atomic E-state index is 12.5. The topological polar surface area (TPSA) is 63.0 Å². The Labute approximate surface area is 96.8 Å². The first kappa shape index (κ1) is 13.0. The maximum Gasteiger partial charge on any atom is 0.310 e. The highest BCUT2D eigenvalue weighted by Crippen LogP contribution is 2.22. The molecule has 17 heavy (non-hydrogen) atoms. The number of ether oxygens (including phenoxy) is 1. The van der Waals surface area contributed by atoms with Crippen molar-refractivity contribution in [1.82, 2.24) is 4.98 Å². The Kier molecular flexibility index (Phi) is 4.10. The molecule has 0 atom stereocenters. The van der Waals surface area contributed by atoms with Gasteiger partial charge in [-0.2, -0.15) is 5.26 Å². The number of alkyl halides is 2. The summed E-state index contributed by atoms with van der Waals surface area (Å²) in [6.07, 6.45) is -2.90. The zero-order valence-corrected chi connectivity index (χ0v) is 9.33. The zero-order chi connectivity index (χ0) is 13.0. The molecule has 1 rings (SSSR count). The van der Waals surface area contributed by atoms with Crippen molar-refractivity contribution in [2.75, 3.05) is 7.11 Å². The van der Waals surface area contributed by atoms with Gasteiger partial charge in [-0.25, -0.2) is 13.8 Å². The molecular weight excluding hydrogens is 230 g/mol. The lowest BCUT2D eigenvalue weighted by molar-refractivity contribution is -0.139.